The van der Waals surface area contributed by atoms with E-state index in [0.717, 1.165) is 44.0 Å². The highest BCUT2D eigenvalue weighted by molar-refractivity contribution is 6.30. The summed E-state index contributed by atoms with van der Waals surface area (Å²) in [7, 11) is 1.73. The highest BCUT2D eigenvalue weighted by Crippen LogP contribution is 2.23. The quantitative estimate of drug-likeness (QED) is 0.609. The molecule has 2 aromatic carbocycles. The third kappa shape index (κ3) is 4.96. The first-order chi connectivity index (χ1) is 14.1. The molecule has 1 aliphatic heterocycles. The molecule has 2 heterocycles. The Balaban J connectivity index is 1.31. The van der Waals surface area contributed by atoms with Gasteiger partial charge < -0.3 is 9.15 Å². The molecule has 29 heavy (non-hydrogen) atoms. The van der Waals surface area contributed by atoms with Gasteiger partial charge in [-0.2, -0.15) is 0 Å². The van der Waals surface area contributed by atoms with Crippen molar-refractivity contribution in [2.75, 3.05) is 33.3 Å². The van der Waals surface area contributed by atoms with Crippen LogP contribution in [0, 0.1) is 6.92 Å². The minimum absolute atomic E-state index is 0.529. The van der Waals surface area contributed by atoms with E-state index in [1.807, 2.05) is 24.3 Å². The fourth-order valence-corrected chi connectivity index (χ4v) is 3.72. The standard InChI is InChI=1S/C22H25ClN4O2/c1-16-3-8-20(28-2)18(13-16)14-26-9-11-27(12-10-26)15-21-24-25-22(29-21)17-4-6-19(23)7-5-17/h3-8,13H,9-12,14-15H2,1-2H3. The van der Waals surface area contributed by atoms with E-state index in [4.69, 9.17) is 20.8 Å². The van der Waals surface area contributed by atoms with Crippen molar-refractivity contribution in [3.05, 3.63) is 64.5 Å². The van der Waals surface area contributed by atoms with Crippen molar-refractivity contribution in [3.8, 4) is 17.2 Å². The minimum atomic E-state index is 0.529. The van der Waals surface area contributed by atoms with Crippen LogP contribution in [0.15, 0.2) is 46.9 Å². The van der Waals surface area contributed by atoms with Gasteiger partial charge in [-0.25, -0.2) is 0 Å². The lowest BCUT2D eigenvalue weighted by molar-refractivity contribution is 0.114. The van der Waals surface area contributed by atoms with Crippen LogP contribution in [-0.4, -0.2) is 53.3 Å². The average Bonchev–Trinajstić information content (AvgIpc) is 3.19. The highest BCUT2D eigenvalue weighted by Gasteiger charge is 2.20. The number of benzene rings is 2. The van der Waals surface area contributed by atoms with Crippen molar-refractivity contribution in [1.29, 1.82) is 0 Å². The van der Waals surface area contributed by atoms with Crippen molar-refractivity contribution in [3.63, 3.8) is 0 Å². The zero-order chi connectivity index (χ0) is 20.2. The van der Waals surface area contributed by atoms with Crippen LogP contribution in [0.1, 0.15) is 17.0 Å². The smallest absolute Gasteiger partial charge is 0.247 e. The maximum Gasteiger partial charge on any atom is 0.247 e. The van der Waals surface area contributed by atoms with Gasteiger partial charge in [0.2, 0.25) is 11.8 Å². The summed E-state index contributed by atoms with van der Waals surface area (Å²) in [6.07, 6.45) is 0. The van der Waals surface area contributed by atoms with Gasteiger partial charge in [0.1, 0.15) is 5.75 Å². The van der Waals surface area contributed by atoms with Gasteiger partial charge >= 0.3 is 0 Å². The van der Waals surface area contributed by atoms with E-state index in [1.165, 1.54) is 11.1 Å². The Morgan fingerprint density at radius 1 is 0.966 bits per heavy atom. The summed E-state index contributed by atoms with van der Waals surface area (Å²) in [6, 6.07) is 13.8. The van der Waals surface area contributed by atoms with Crippen LogP contribution >= 0.6 is 11.6 Å². The second-order valence-corrected chi connectivity index (χ2v) is 7.81. The minimum Gasteiger partial charge on any atom is -0.496 e. The Bertz CT molecular complexity index is 950. The van der Waals surface area contributed by atoms with Crippen LogP contribution in [0.5, 0.6) is 5.75 Å². The molecule has 0 bridgehead atoms. The largest absolute Gasteiger partial charge is 0.496 e. The number of aryl methyl sites for hydroxylation is 1. The Hall–Kier alpha value is -2.41. The van der Waals surface area contributed by atoms with Crippen LogP contribution < -0.4 is 4.74 Å². The molecule has 0 aliphatic carbocycles. The molecule has 6 nitrogen and oxygen atoms in total. The number of aromatic nitrogens is 2. The molecule has 0 spiro atoms. The average molecular weight is 413 g/mol. The van der Waals surface area contributed by atoms with Crippen LogP contribution in [0.2, 0.25) is 5.02 Å². The Morgan fingerprint density at radius 3 is 2.34 bits per heavy atom. The predicted molar refractivity (Wildman–Crippen MR) is 113 cm³/mol. The molecule has 1 aliphatic rings. The molecule has 0 radical (unpaired) electrons. The van der Waals surface area contributed by atoms with Gasteiger partial charge in [-0.1, -0.05) is 29.3 Å². The fraction of sp³-hybridized carbons (Fsp3) is 0.364. The third-order valence-electron chi connectivity index (χ3n) is 5.21. The zero-order valence-corrected chi connectivity index (χ0v) is 17.5. The number of halogens is 1. The van der Waals surface area contributed by atoms with E-state index in [9.17, 15) is 0 Å². The molecular formula is C22H25ClN4O2. The summed E-state index contributed by atoms with van der Waals surface area (Å²) in [5.41, 5.74) is 3.38. The van der Waals surface area contributed by atoms with Crippen molar-refractivity contribution in [2.45, 2.75) is 20.0 Å². The summed E-state index contributed by atoms with van der Waals surface area (Å²) in [5, 5.41) is 9.07. The van der Waals surface area contributed by atoms with Gasteiger partial charge in [0.15, 0.2) is 0 Å². The Labute approximate surface area is 176 Å². The SMILES string of the molecule is COc1ccc(C)cc1CN1CCN(Cc2nnc(-c3ccc(Cl)cc3)o2)CC1. The second-order valence-electron chi connectivity index (χ2n) is 7.38. The molecule has 152 valence electrons. The van der Waals surface area contributed by atoms with Crippen LogP contribution in [0.4, 0.5) is 0 Å². The summed E-state index contributed by atoms with van der Waals surface area (Å²) in [5.74, 6) is 2.13. The summed E-state index contributed by atoms with van der Waals surface area (Å²) < 4.78 is 11.4. The number of piperazine rings is 1. The number of hydrogen-bond donors (Lipinski definition) is 0. The van der Waals surface area contributed by atoms with Crippen molar-refractivity contribution < 1.29 is 9.15 Å². The van der Waals surface area contributed by atoms with Gasteiger partial charge in [-0.05, 0) is 37.3 Å². The molecule has 0 atom stereocenters. The lowest BCUT2D eigenvalue weighted by Crippen LogP contribution is -2.45. The number of methoxy groups -OCH3 is 1. The highest BCUT2D eigenvalue weighted by atomic mass is 35.5. The Morgan fingerprint density at radius 2 is 1.66 bits per heavy atom. The maximum atomic E-state index is 5.94. The number of hydrogen-bond acceptors (Lipinski definition) is 6. The van der Waals surface area contributed by atoms with E-state index < -0.39 is 0 Å². The van der Waals surface area contributed by atoms with Gasteiger partial charge in [-0.15, -0.1) is 10.2 Å². The molecule has 0 amide bonds. The molecule has 4 rings (SSSR count). The van der Waals surface area contributed by atoms with Crippen LogP contribution in [-0.2, 0) is 13.1 Å². The predicted octanol–water partition coefficient (Wildman–Crippen LogP) is 4.02. The summed E-state index contributed by atoms with van der Waals surface area (Å²) in [4.78, 5) is 4.81. The first-order valence-electron chi connectivity index (χ1n) is 9.77. The first-order valence-corrected chi connectivity index (χ1v) is 10.1. The topological polar surface area (TPSA) is 54.6 Å². The first kappa shape index (κ1) is 19.9. The zero-order valence-electron chi connectivity index (χ0n) is 16.8. The third-order valence-corrected chi connectivity index (χ3v) is 5.46. The molecule has 0 N–H and O–H groups in total. The van der Waals surface area contributed by atoms with E-state index in [0.29, 0.717) is 23.3 Å². The number of nitrogens with zero attached hydrogens (tertiary/aromatic N) is 4. The van der Waals surface area contributed by atoms with E-state index in [-0.39, 0.29) is 0 Å². The van der Waals surface area contributed by atoms with E-state index >= 15 is 0 Å². The van der Waals surface area contributed by atoms with Crippen molar-refractivity contribution in [2.24, 2.45) is 0 Å². The van der Waals surface area contributed by atoms with Crippen molar-refractivity contribution >= 4 is 11.6 Å². The molecule has 3 aromatic rings. The van der Waals surface area contributed by atoms with Gasteiger partial charge in [0.25, 0.3) is 0 Å². The van der Waals surface area contributed by atoms with Crippen LogP contribution in [0.25, 0.3) is 11.5 Å². The molecule has 1 saturated heterocycles. The molecule has 1 fully saturated rings. The summed E-state index contributed by atoms with van der Waals surface area (Å²) >= 11 is 5.94. The fourth-order valence-electron chi connectivity index (χ4n) is 3.60. The Kier molecular flexibility index (Phi) is 6.13. The van der Waals surface area contributed by atoms with Gasteiger partial charge in [0, 0.05) is 48.9 Å². The van der Waals surface area contributed by atoms with E-state index in [2.05, 4.69) is 45.1 Å². The number of rotatable bonds is 6. The molecule has 0 saturated carbocycles. The summed E-state index contributed by atoms with van der Waals surface area (Å²) in [6.45, 7) is 7.61. The lowest BCUT2D eigenvalue weighted by Gasteiger charge is -2.34. The number of ether oxygens (including phenoxy) is 1. The molecule has 7 heteroatoms. The maximum absolute atomic E-state index is 5.94. The molecule has 0 unspecified atom stereocenters. The molecule has 1 aromatic heterocycles. The lowest BCUT2D eigenvalue weighted by atomic mass is 10.1. The normalized spacial score (nSPS) is 15.6. The second kappa shape index (κ2) is 8.95. The van der Waals surface area contributed by atoms with Crippen LogP contribution in [0.3, 0.4) is 0 Å². The van der Waals surface area contributed by atoms with Gasteiger partial charge in [-0.3, -0.25) is 9.80 Å². The van der Waals surface area contributed by atoms with E-state index in [1.54, 1.807) is 7.11 Å². The molecular weight excluding hydrogens is 388 g/mol. The van der Waals surface area contributed by atoms with Crippen molar-refractivity contribution in [1.82, 2.24) is 20.0 Å². The van der Waals surface area contributed by atoms with Gasteiger partial charge in [0.05, 0.1) is 13.7 Å². The monoisotopic (exact) mass is 412 g/mol.